The Morgan fingerprint density at radius 3 is 1.73 bits per heavy atom. The van der Waals surface area contributed by atoms with Gasteiger partial charge in [-0.15, -0.1) is 0 Å². The van der Waals surface area contributed by atoms with Crippen LogP contribution in [0.25, 0.3) is 0 Å². The molecule has 0 aliphatic carbocycles. The molecule has 0 aromatic rings. The average molecular weight is 285 g/mol. The molecule has 0 saturated carbocycles. The fraction of sp³-hybridized carbons (Fsp3) is 0.571. The van der Waals surface area contributed by atoms with Crippen LogP contribution in [0.4, 0.5) is 0 Å². The van der Waals surface area contributed by atoms with Gasteiger partial charge >= 0.3 is 103 Å². The molecule has 0 fully saturated rings. The summed E-state index contributed by atoms with van der Waals surface area (Å²) in [5.74, 6) is -1.05. The molecule has 0 amide bonds. The molecule has 0 unspecified atom stereocenters. The Hall–Kier alpha value is 2.39. The van der Waals surface area contributed by atoms with Gasteiger partial charge in [-0.1, -0.05) is 26.5 Å². The van der Waals surface area contributed by atoms with Crippen LogP contribution in [0.2, 0.25) is 0 Å². The van der Waals surface area contributed by atoms with Gasteiger partial charge in [0.15, 0.2) is 0 Å². The number of rotatable bonds is 3. The molecule has 5 nitrogen and oxygen atoms in total. The zero-order valence-corrected chi connectivity index (χ0v) is 16.7. The van der Waals surface area contributed by atoms with Gasteiger partial charge in [0.2, 0.25) is 0 Å². The summed E-state index contributed by atoms with van der Waals surface area (Å²) in [4.78, 5) is 0. The Labute approximate surface area is 176 Å². The summed E-state index contributed by atoms with van der Waals surface area (Å²) in [6, 6.07) is 0. The molecule has 0 aliphatic rings. The van der Waals surface area contributed by atoms with Crippen molar-refractivity contribution in [1.82, 2.24) is 0 Å². The first-order chi connectivity index (χ1) is 5.69. The van der Waals surface area contributed by atoms with Crippen LogP contribution in [0.1, 0.15) is 13.8 Å². The molecular formula is C7H13K2NO4S. The third kappa shape index (κ3) is 38.5. The second-order valence-corrected chi connectivity index (χ2v) is 4.14. The molecule has 0 saturated heterocycles. The predicted molar refractivity (Wildman–Crippen MR) is 47.3 cm³/mol. The van der Waals surface area contributed by atoms with Crippen LogP contribution in [-0.4, -0.2) is 24.6 Å². The van der Waals surface area contributed by atoms with Crippen molar-refractivity contribution in [1.29, 1.82) is 5.41 Å². The van der Waals surface area contributed by atoms with Crippen molar-refractivity contribution in [2.24, 2.45) is 5.92 Å². The zero-order valence-electron chi connectivity index (χ0n) is 9.61. The second kappa shape index (κ2) is 14.5. The van der Waals surface area contributed by atoms with Gasteiger partial charge in [-0.25, -0.2) is 8.42 Å². The van der Waals surface area contributed by atoms with Crippen LogP contribution in [0.15, 0.2) is 12.7 Å². The van der Waals surface area contributed by atoms with Gasteiger partial charge < -0.3 is 15.1 Å². The smallest absolute Gasteiger partial charge is 0.859 e. The van der Waals surface area contributed by atoms with Gasteiger partial charge in [-0.2, -0.15) is 0 Å². The second-order valence-electron chi connectivity index (χ2n) is 2.69. The van der Waals surface area contributed by atoms with Gasteiger partial charge in [0, 0.05) is 5.75 Å². The van der Waals surface area contributed by atoms with E-state index in [0.29, 0.717) is 0 Å². The van der Waals surface area contributed by atoms with Crippen LogP contribution >= 0.6 is 0 Å². The fourth-order valence-corrected chi connectivity index (χ4v) is 1.22. The summed E-state index contributed by atoms with van der Waals surface area (Å²) in [6.07, 6.45) is 0.944. The molecule has 0 bridgehead atoms. The maximum absolute atomic E-state index is 9.89. The van der Waals surface area contributed by atoms with E-state index in [2.05, 4.69) is 6.58 Å². The average Bonchev–Trinajstić information content (AvgIpc) is 1.83. The standard InChI is InChI=1S/C4H10O3S.C3H5NO.2K/c1-4(2)3-8(5,6)7;1-2-3(4)5;;/h4H,3H2,1-2H3,(H,5,6,7);2H,1H2,(H2,4,5);;/q;;2*+1/p-2. The number of nitrogens with one attached hydrogen (secondary N) is 1. The van der Waals surface area contributed by atoms with Gasteiger partial charge in [0.1, 0.15) is 0 Å². The first kappa shape index (κ1) is 26.1. The molecular weight excluding hydrogens is 272 g/mol. The molecule has 0 aromatic heterocycles. The van der Waals surface area contributed by atoms with E-state index in [1.165, 1.54) is 0 Å². The first-order valence-corrected chi connectivity index (χ1v) is 5.08. The van der Waals surface area contributed by atoms with Crippen molar-refractivity contribution < 1.29 is 121 Å². The Bertz CT molecular complexity index is 264. The molecule has 0 atom stereocenters. The third-order valence-corrected chi connectivity index (χ3v) is 1.80. The Kier molecular flexibility index (Phi) is 25.1. The van der Waals surface area contributed by atoms with Crippen LogP contribution < -0.4 is 108 Å². The van der Waals surface area contributed by atoms with Crippen molar-refractivity contribution in [3.05, 3.63) is 12.7 Å². The fourth-order valence-electron chi connectivity index (χ4n) is 0.408. The molecule has 8 heteroatoms. The van der Waals surface area contributed by atoms with Crippen molar-refractivity contribution in [3.63, 3.8) is 0 Å². The van der Waals surface area contributed by atoms with Crippen LogP contribution in [0, 0.1) is 11.3 Å². The van der Waals surface area contributed by atoms with E-state index in [-0.39, 0.29) is 114 Å². The van der Waals surface area contributed by atoms with E-state index in [1.54, 1.807) is 13.8 Å². The predicted octanol–water partition coefficient (Wildman–Crippen LogP) is -6.29. The minimum absolute atomic E-state index is 0. The maximum atomic E-state index is 9.89. The first-order valence-electron chi connectivity index (χ1n) is 3.50. The Balaban J connectivity index is -0.0000000770. The number of hydrogen-bond donors (Lipinski definition) is 1. The minimum Gasteiger partial charge on any atom is -0.859 e. The maximum Gasteiger partial charge on any atom is 1.00 e. The van der Waals surface area contributed by atoms with Crippen LogP contribution in [0.3, 0.4) is 0 Å². The van der Waals surface area contributed by atoms with Gasteiger partial charge in [-0.05, 0) is 11.8 Å². The molecule has 15 heavy (non-hydrogen) atoms. The van der Waals surface area contributed by atoms with E-state index >= 15 is 0 Å². The van der Waals surface area contributed by atoms with E-state index in [9.17, 15) is 18.1 Å². The van der Waals surface area contributed by atoms with E-state index in [1.807, 2.05) is 0 Å². The monoisotopic (exact) mass is 285 g/mol. The topological polar surface area (TPSA) is 104 Å². The minimum atomic E-state index is -3.97. The van der Waals surface area contributed by atoms with Crippen LogP contribution in [0.5, 0.6) is 0 Å². The van der Waals surface area contributed by atoms with Crippen LogP contribution in [-0.2, 0) is 10.1 Å². The molecule has 0 spiro atoms. The quantitative estimate of drug-likeness (QED) is 0.241. The van der Waals surface area contributed by atoms with Crippen molar-refractivity contribution >= 4 is 16.0 Å². The molecule has 1 N–H and O–H groups in total. The summed E-state index contributed by atoms with van der Waals surface area (Å²) in [5.41, 5.74) is 0. The number of hydrogen-bond acceptors (Lipinski definition) is 5. The zero-order chi connectivity index (χ0) is 11.1. The largest absolute Gasteiger partial charge is 1.00 e. The molecule has 0 radical (unpaired) electrons. The summed E-state index contributed by atoms with van der Waals surface area (Å²) >= 11 is 0. The Morgan fingerprint density at radius 2 is 1.73 bits per heavy atom. The third-order valence-electron chi connectivity index (χ3n) is 0.723. The molecule has 0 aromatic carbocycles. The van der Waals surface area contributed by atoms with Gasteiger partial charge in [-0.3, -0.25) is 0 Å². The molecule has 78 valence electrons. The van der Waals surface area contributed by atoms with E-state index in [0.717, 1.165) is 6.08 Å². The van der Waals surface area contributed by atoms with Crippen molar-refractivity contribution in [2.75, 3.05) is 5.75 Å². The normalized spacial score (nSPS) is 8.80. The van der Waals surface area contributed by atoms with E-state index < -0.39 is 16.0 Å². The molecule has 0 aliphatic heterocycles. The summed E-state index contributed by atoms with van der Waals surface area (Å²) in [7, 11) is -3.97. The molecule has 0 rings (SSSR count). The summed E-state index contributed by atoms with van der Waals surface area (Å²) < 4.78 is 29.7. The van der Waals surface area contributed by atoms with Gasteiger partial charge in [0.05, 0.1) is 10.1 Å². The van der Waals surface area contributed by atoms with Crippen molar-refractivity contribution in [2.45, 2.75) is 13.8 Å². The Morgan fingerprint density at radius 1 is 1.47 bits per heavy atom. The summed E-state index contributed by atoms with van der Waals surface area (Å²) in [6.45, 7) is 6.40. The molecule has 0 heterocycles. The van der Waals surface area contributed by atoms with E-state index in [4.69, 9.17) is 5.41 Å². The summed E-state index contributed by atoms with van der Waals surface area (Å²) in [5, 5.41) is 15.4. The van der Waals surface area contributed by atoms with Crippen molar-refractivity contribution in [3.8, 4) is 0 Å². The van der Waals surface area contributed by atoms with Gasteiger partial charge in [0.25, 0.3) is 0 Å². The SMILES string of the molecule is C=CC(=N)[O-].CC(C)CS(=O)(=O)[O-].[K+].[K+].